The Hall–Kier alpha value is -0.350. The first-order valence-electron chi connectivity index (χ1n) is 4.91. The first kappa shape index (κ1) is 10.2. The molecule has 0 unspecified atom stereocenters. The number of thiazole rings is 1. The molecule has 1 aliphatic rings. The van der Waals surface area contributed by atoms with Gasteiger partial charge in [-0.2, -0.15) is 0 Å². The van der Waals surface area contributed by atoms with Gasteiger partial charge in [0, 0.05) is 17.5 Å². The van der Waals surface area contributed by atoms with Gasteiger partial charge in [-0.1, -0.05) is 24.6 Å². The molecule has 1 saturated carbocycles. The van der Waals surface area contributed by atoms with Crippen molar-refractivity contribution < 1.29 is 4.79 Å². The Morgan fingerprint density at radius 3 is 3.00 bits per heavy atom. The zero-order valence-electron chi connectivity index (χ0n) is 7.94. The average Bonchev–Trinajstić information content (AvgIpc) is 2.87. The summed E-state index contributed by atoms with van der Waals surface area (Å²) in [6, 6.07) is 0. The van der Waals surface area contributed by atoms with Crippen LogP contribution in [-0.4, -0.2) is 16.5 Å². The fourth-order valence-electron chi connectivity index (χ4n) is 1.78. The minimum Gasteiger partial charge on any atom is -0.298 e. The summed E-state index contributed by atoms with van der Waals surface area (Å²) in [6.07, 6.45) is 6.47. The van der Waals surface area contributed by atoms with E-state index in [1.807, 2.05) is 5.38 Å². The fourth-order valence-corrected chi connectivity index (χ4v) is 3.39. The maximum atomic E-state index is 11.7. The Labute approximate surface area is 92.1 Å². The summed E-state index contributed by atoms with van der Waals surface area (Å²) in [5, 5.41) is 1.95. The van der Waals surface area contributed by atoms with Crippen LogP contribution in [0.4, 0.5) is 0 Å². The maximum Gasteiger partial charge on any atom is 0.150 e. The van der Waals surface area contributed by atoms with Crippen molar-refractivity contribution in [3.8, 4) is 0 Å². The summed E-state index contributed by atoms with van der Waals surface area (Å²) < 4.78 is 1.01. The predicted molar refractivity (Wildman–Crippen MR) is 59.8 cm³/mol. The lowest BCUT2D eigenvalue weighted by Gasteiger charge is -2.05. The van der Waals surface area contributed by atoms with Crippen molar-refractivity contribution in [3.05, 3.63) is 11.6 Å². The minimum absolute atomic E-state index is 0.350. The number of thioether (sulfide) groups is 1. The predicted octanol–water partition coefficient (Wildman–Crippen LogP) is 2.99. The molecule has 0 N–H and O–H groups in total. The van der Waals surface area contributed by atoms with Crippen LogP contribution in [0.15, 0.2) is 15.9 Å². The Kier molecular flexibility index (Phi) is 3.59. The number of carbonyl (C=O) groups is 1. The standard InChI is InChI=1S/C10H13NOS2/c12-9(8-3-1-2-4-8)7-14-10-11-5-6-13-10/h5-6,8H,1-4,7H2. The topological polar surface area (TPSA) is 30.0 Å². The number of Topliss-reactive ketones (excluding diaryl/α,β-unsaturated/α-hetero) is 1. The van der Waals surface area contributed by atoms with Crippen LogP contribution < -0.4 is 0 Å². The molecule has 4 heteroatoms. The van der Waals surface area contributed by atoms with Crippen LogP contribution in [0, 0.1) is 5.92 Å². The van der Waals surface area contributed by atoms with Crippen molar-refractivity contribution in [3.63, 3.8) is 0 Å². The second-order valence-electron chi connectivity index (χ2n) is 3.53. The van der Waals surface area contributed by atoms with Crippen LogP contribution in [-0.2, 0) is 4.79 Å². The molecule has 2 rings (SSSR count). The van der Waals surface area contributed by atoms with Gasteiger partial charge in [0.25, 0.3) is 0 Å². The third-order valence-electron chi connectivity index (χ3n) is 2.56. The second-order valence-corrected chi connectivity index (χ2v) is 5.65. The smallest absolute Gasteiger partial charge is 0.150 e. The summed E-state index contributed by atoms with van der Waals surface area (Å²) in [6.45, 7) is 0. The van der Waals surface area contributed by atoms with E-state index in [9.17, 15) is 4.79 Å². The molecule has 0 saturated heterocycles. The van der Waals surface area contributed by atoms with Crippen LogP contribution in [0.3, 0.4) is 0 Å². The van der Waals surface area contributed by atoms with Gasteiger partial charge in [0.1, 0.15) is 10.1 Å². The Morgan fingerprint density at radius 2 is 2.36 bits per heavy atom. The van der Waals surface area contributed by atoms with E-state index in [1.54, 1.807) is 29.3 Å². The van der Waals surface area contributed by atoms with Crippen molar-refractivity contribution >= 4 is 28.9 Å². The molecule has 0 spiro atoms. The van der Waals surface area contributed by atoms with Crippen molar-refractivity contribution in [2.24, 2.45) is 5.92 Å². The molecule has 0 aromatic carbocycles. The van der Waals surface area contributed by atoms with Crippen molar-refractivity contribution in [1.82, 2.24) is 4.98 Å². The molecular formula is C10H13NOS2. The lowest BCUT2D eigenvalue weighted by Crippen LogP contribution is -2.12. The number of rotatable bonds is 4. The van der Waals surface area contributed by atoms with Gasteiger partial charge in [0.05, 0.1) is 5.75 Å². The van der Waals surface area contributed by atoms with E-state index in [0.29, 0.717) is 17.5 Å². The number of hydrogen-bond acceptors (Lipinski definition) is 4. The van der Waals surface area contributed by atoms with Gasteiger partial charge >= 0.3 is 0 Å². The largest absolute Gasteiger partial charge is 0.298 e. The van der Waals surface area contributed by atoms with Crippen LogP contribution in [0.5, 0.6) is 0 Å². The highest BCUT2D eigenvalue weighted by Gasteiger charge is 2.22. The number of aromatic nitrogens is 1. The maximum absolute atomic E-state index is 11.7. The molecule has 1 aliphatic carbocycles. The summed E-state index contributed by atoms with van der Waals surface area (Å²) in [5.41, 5.74) is 0. The number of hydrogen-bond donors (Lipinski definition) is 0. The van der Waals surface area contributed by atoms with Gasteiger partial charge in [0.2, 0.25) is 0 Å². The Balaban J connectivity index is 1.77. The van der Waals surface area contributed by atoms with Crippen molar-refractivity contribution in [2.45, 2.75) is 30.0 Å². The Bertz CT molecular complexity index is 291. The van der Waals surface area contributed by atoms with Crippen molar-refractivity contribution in [1.29, 1.82) is 0 Å². The van der Waals surface area contributed by atoms with E-state index in [0.717, 1.165) is 17.2 Å². The molecule has 1 fully saturated rings. The highest BCUT2D eigenvalue weighted by atomic mass is 32.2. The minimum atomic E-state index is 0.350. The monoisotopic (exact) mass is 227 g/mol. The van der Waals surface area contributed by atoms with Crippen LogP contribution >= 0.6 is 23.1 Å². The second kappa shape index (κ2) is 4.94. The van der Waals surface area contributed by atoms with Crippen molar-refractivity contribution in [2.75, 3.05) is 5.75 Å². The first-order valence-corrected chi connectivity index (χ1v) is 6.78. The van der Waals surface area contributed by atoms with Crippen LogP contribution in [0.2, 0.25) is 0 Å². The van der Waals surface area contributed by atoms with E-state index in [2.05, 4.69) is 4.98 Å². The fraction of sp³-hybridized carbons (Fsp3) is 0.600. The van der Waals surface area contributed by atoms with E-state index < -0.39 is 0 Å². The average molecular weight is 227 g/mol. The molecule has 76 valence electrons. The lowest BCUT2D eigenvalue weighted by molar-refractivity contribution is -0.120. The summed E-state index contributed by atoms with van der Waals surface area (Å²) >= 11 is 3.19. The summed E-state index contributed by atoms with van der Waals surface area (Å²) in [5.74, 6) is 1.38. The Morgan fingerprint density at radius 1 is 1.57 bits per heavy atom. The molecule has 1 aromatic heterocycles. The molecule has 0 amide bonds. The molecule has 0 radical (unpaired) electrons. The highest BCUT2D eigenvalue weighted by molar-refractivity contribution is 8.01. The summed E-state index contributed by atoms with van der Waals surface area (Å²) in [7, 11) is 0. The molecule has 0 bridgehead atoms. The van der Waals surface area contributed by atoms with E-state index in [4.69, 9.17) is 0 Å². The van der Waals surface area contributed by atoms with E-state index >= 15 is 0 Å². The van der Waals surface area contributed by atoms with E-state index in [1.165, 1.54) is 12.8 Å². The third kappa shape index (κ3) is 2.58. The molecule has 0 aliphatic heterocycles. The zero-order chi connectivity index (χ0) is 9.80. The molecule has 2 nitrogen and oxygen atoms in total. The van der Waals surface area contributed by atoms with Crippen LogP contribution in [0.1, 0.15) is 25.7 Å². The highest BCUT2D eigenvalue weighted by Crippen LogP contribution is 2.28. The quantitative estimate of drug-likeness (QED) is 0.741. The van der Waals surface area contributed by atoms with Gasteiger partial charge in [-0.15, -0.1) is 11.3 Å². The lowest BCUT2D eigenvalue weighted by atomic mass is 10.0. The summed E-state index contributed by atoms with van der Waals surface area (Å²) in [4.78, 5) is 15.8. The number of carbonyl (C=O) groups excluding carboxylic acids is 1. The van der Waals surface area contributed by atoms with E-state index in [-0.39, 0.29) is 0 Å². The van der Waals surface area contributed by atoms with Gasteiger partial charge < -0.3 is 0 Å². The van der Waals surface area contributed by atoms with Gasteiger partial charge in [0.15, 0.2) is 0 Å². The number of nitrogens with zero attached hydrogens (tertiary/aromatic N) is 1. The number of ketones is 1. The third-order valence-corrected chi connectivity index (χ3v) is 4.55. The first-order chi connectivity index (χ1) is 6.86. The SMILES string of the molecule is O=C(CSc1nccs1)C1CCCC1. The zero-order valence-corrected chi connectivity index (χ0v) is 9.57. The van der Waals surface area contributed by atoms with Gasteiger partial charge in [-0.3, -0.25) is 4.79 Å². The molecular weight excluding hydrogens is 214 g/mol. The van der Waals surface area contributed by atoms with Crippen LogP contribution in [0.25, 0.3) is 0 Å². The molecule has 0 atom stereocenters. The normalized spacial score (nSPS) is 17.4. The molecule has 1 aromatic rings. The van der Waals surface area contributed by atoms with Gasteiger partial charge in [-0.05, 0) is 12.8 Å². The molecule has 14 heavy (non-hydrogen) atoms. The van der Waals surface area contributed by atoms with Gasteiger partial charge in [-0.25, -0.2) is 4.98 Å². The molecule has 1 heterocycles.